The van der Waals surface area contributed by atoms with Crippen molar-refractivity contribution in [3.05, 3.63) is 40.8 Å². The summed E-state index contributed by atoms with van der Waals surface area (Å²) in [4.78, 5) is 28.0. The maximum absolute atomic E-state index is 12.1. The minimum Gasteiger partial charge on any atom is -0.465 e. The lowest BCUT2D eigenvalue weighted by Gasteiger charge is -2.18. The zero-order valence-corrected chi connectivity index (χ0v) is 13.9. The molecular weight excluding hydrogens is 310 g/mol. The predicted octanol–water partition coefficient (Wildman–Crippen LogP) is 2.18. The van der Waals surface area contributed by atoms with Gasteiger partial charge in [-0.05, 0) is 38.5 Å². The van der Waals surface area contributed by atoms with Crippen LogP contribution < -0.4 is 0 Å². The fraction of sp³-hybridized carbons (Fsp3) is 0.353. The van der Waals surface area contributed by atoms with E-state index in [0.717, 1.165) is 11.1 Å². The summed E-state index contributed by atoms with van der Waals surface area (Å²) in [5.74, 6) is -1.09. The Kier molecular flexibility index (Phi) is 3.79. The summed E-state index contributed by atoms with van der Waals surface area (Å²) in [5.41, 5.74) is 2.77. The minimum absolute atomic E-state index is 0.0651. The second kappa shape index (κ2) is 5.67. The largest absolute Gasteiger partial charge is 0.465 e. The maximum Gasteiger partial charge on any atom is 0.378 e. The maximum atomic E-state index is 12.1. The van der Waals surface area contributed by atoms with Crippen molar-refractivity contribution in [2.24, 2.45) is 0 Å². The van der Waals surface area contributed by atoms with Crippen LogP contribution in [0.25, 0.3) is 11.3 Å². The van der Waals surface area contributed by atoms with Gasteiger partial charge in [-0.3, -0.25) is 0 Å². The van der Waals surface area contributed by atoms with E-state index in [1.54, 1.807) is 32.9 Å². The van der Waals surface area contributed by atoms with Crippen molar-refractivity contribution in [2.75, 3.05) is 7.11 Å². The summed E-state index contributed by atoms with van der Waals surface area (Å²) in [6.45, 7) is 5.32. The molecule has 7 nitrogen and oxygen atoms in total. The topological polar surface area (TPSA) is 91.3 Å². The van der Waals surface area contributed by atoms with E-state index < -0.39 is 17.5 Å². The van der Waals surface area contributed by atoms with Crippen molar-refractivity contribution in [1.82, 2.24) is 15.2 Å². The Morgan fingerprint density at radius 1 is 1.12 bits per heavy atom. The molecular formula is C17H17N3O4. The van der Waals surface area contributed by atoms with E-state index >= 15 is 0 Å². The third kappa shape index (κ3) is 2.97. The molecule has 2 aromatic rings. The molecule has 0 radical (unpaired) electrons. The molecule has 0 fully saturated rings. The normalized spacial score (nSPS) is 12.3. The number of methoxy groups -OCH3 is 1. The van der Waals surface area contributed by atoms with Gasteiger partial charge in [0, 0.05) is 12.0 Å². The number of rotatable bonds is 2. The van der Waals surface area contributed by atoms with Gasteiger partial charge in [-0.25, -0.2) is 14.6 Å². The number of ether oxygens (including phenoxy) is 2. The van der Waals surface area contributed by atoms with Crippen LogP contribution in [0.2, 0.25) is 0 Å². The van der Waals surface area contributed by atoms with Gasteiger partial charge >= 0.3 is 11.9 Å². The lowest BCUT2D eigenvalue weighted by atomic mass is 10.1. The average Bonchev–Trinajstić information content (AvgIpc) is 2.89. The molecule has 3 rings (SSSR count). The van der Waals surface area contributed by atoms with Gasteiger partial charge in [0.15, 0.2) is 0 Å². The van der Waals surface area contributed by atoms with Crippen molar-refractivity contribution in [3.8, 4) is 11.3 Å². The van der Waals surface area contributed by atoms with Crippen molar-refractivity contribution < 1.29 is 19.1 Å². The van der Waals surface area contributed by atoms with E-state index in [9.17, 15) is 9.59 Å². The number of carbonyl (C=O) groups excluding carboxylic acids is 2. The summed E-state index contributed by atoms with van der Waals surface area (Å²) >= 11 is 0. The number of hydrogen-bond acceptors (Lipinski definition) is 7. The summed E-state index contributed by atoms with van der Waals surface area (Å²) in [7, 11) is 1.33. The third-order valence-electron chi connectivity index (χ3n) is 3.48. The van der Waals surface area contributed by atoms with E-state index in [1.165, 1.54) is 7.11 Å². The van der Waals surface area contributed by atoms with Crippen molar-refractivity contribution in [3.63, 3.8) is 0 Å². The molecule has 0 atom stereocenters. The quantitative estimate of drug-likeness (QED) is 0.666. The fourth-order valence-electron chi connectivity index (χ4n) is 2.48. The molecule has 0 bridgehead atoms. The van der Waals surface area contributed by atoms with Gasteiger partial charge in [-0.1, -0.05) is 6.07 Å². The molecule has 0 saturated heterocycles. The van der Waals surface area contributed by atoms with Crippen LogP contribution in [-0.4, -0.2) is 39.8 Å². The first-order valence-corrected chi connectivity index (χ1v) is 7.47. The highest BCUT2D eigenvalue weighted by Crippen LogP contribution is 2.34. The lowest BCUT2D eigenvalue weighted by Crippen LogP contribution is -2.25. The third-order valence-corrected chi connectivity index (χ3v) is 3.48. The van der Waals surface area contributed by atoms with Gasteiger partial charge in [-0.2, -0.15) is 0 Å². The number of benzene rings is 1. The molecule has 24 heavy (non-hydrogen) atoms. The molecule has 124 valence electrons. The molecule has 1 heterocycles. The molecule has 0 N–H and O–H groups in total. The molecule has 0 aliphatic heterocycles. The Morgan fingerprint density at radius 3 is 2.54 bits per heavy atom. The summed E-state index contributed by atoms with van der Waals surface area (Å²) in [6.07, 6.45) is 0.525. The van der Waals surface area contributed by atoms with E-state index in [1.807, 2.05) is 6.07 Å². The van der Waals surface area contributed by atoms with E-state index in [2.05, 4.69) is 15.2 Å². The summed E-state index contributed by atoms with van der Waals surface area (Å²) in [6, 6.07) is 5.23. The second-order valence-electron chi connectivity index (χ2n) is 6.47. The molecule has 1 aliphatic carbocycles. The van der Waals surface area contributed by atoms with Crippen LogP contribution >= 0.6 is 0 Å². The van der Waals surface area contributed by atoms with Gasteiger partial charge < -0.3 is 9.47 Å². The van der Waals surface area contributed by atoms with Gasteiger partial charge in [0.05, 0.1) is 18.4 Å². The lowest BCUT2D eigenvalue weighted by molar-refractivity contribution is 0.00536. The van der Waals surface area contributed by atoms with Crippen molar-refractivity contribution >= 4 is 11.9 Å². The number of aromatic nitrogens is 3. The first-order chi connectivity index (χ1) is 11.3. The predicted molar refractivity (Wildman–Crippen MR) is 84.6 cm³/mol. The Balaban J connectivity index is 1.94. The number of esters is 2. The molecule has 0 saturated carbocycles. The van der Waals surface area contributed by atoms with Crippen molar-refractivity contribution in [2.45, 2.75) is 32.8 Å². The Bertz CT molecular complexity index is 840. The van der Waals surface area contributed by atoms with Crippen LogP contribution in [0.5, 0.6) is 0 Å². The van der Waals surface area contributed by atoms with Crippen LogP contribution in [0.3, 0.4) is 0 Å². The zero-order chi connectivity index (χ0) is 17.5. The molecule has 1 aromatic heterocycles. The summed E-state index contributed by atoms with van der Waals surface area (Å²) in [5, 5.41) is 7.99. The molecule has 1 aliphatic rings. The number of nitrogens with zero attached hydrogens (tertiary/aromatic N) is 3. The van der Waals surface area contributed by atoms with Crippen LogP contribution in [0.15, 0.2) is 18.2 Å². The van der Waals surface area contributed by atoms with Crippen LogP contribution in [0.4, 0.5) is 0 Å². The van der Waals surface area contributed by atoms with Crippen LogP contribution in [0, 0.1) is 0 Å². The Labute approximate surface area is 139 Å². The van der Waals surface area contributed by atoms with Gasteiger partial charge in [0.2, 0.25) is 0 Å². The number of hydrogen-bond donors (Lipinski definition) is 0. The molecule has 0 spiro atoms. The Morgan fingerprint density at radius 2 is 1.88 bits per heavy atom. The second-order valence-corrected chi connectivity index (χ2v) is 6.47. The molecule has 0 amide bonds. The average molecular weight is 327 g/mol. The monoisotopic (exact) mass is 327 g/mol. The minimum atomic E-state index is -0.627. The highest BCUT2D eigenvalue weighted by molar-refractivity contribution is 5.92. The van der Waals surface area contributed by atoms with Crippen LogP contribution in [-0.2, 0) is 15.9 Å². The molecule has 7 heteroatoms. The van der Waals surface area contributed by atoms with Gasteiger partial charge in [0.25, 0.3) is 5.82 Å². The van der Waals surface area contributed by atoms with Crippen molar-refractivity contribution in [1.29, 1.82) is 0 Å². The number of carbonyl (C=O) groups is 2. The first kappa shape index (κ1) is 16.0. The molecule has 0 unspecified atom stereocenters. The number of fused-ring (bicyclic) bond motifs is 3. The summed E-state index contributed by atoms with van der Waals surface area (Å²) < 4.78 is 9.99. The zero-order valence-electron chi connectivity index (χ0n) is 13.9. The smallest absolute Gasteiger partial charge is 0.378 e. The Hall–Kier alpha value is -2.83. The van der Waals surface area contributed by atoms with E-state index in [4.69, 9.17) is 9.47 Å². The van der Waals surface area contributed by atoms with E-state index in [0.29, 0.717) is 23.4 Å². The van der Waals surface area contributed by atoms with Gasteiger partial charge in [0.1, 0.15) is 11.3 Å². The highest BCUT2D eigenvalue weighted by atomic mass is 16.6. The van der Waals surface area contributed by atoms with Crippen LogP contribution in [0.1, 0.15) is 53.0 Å². The standard InChI is InChI=1S/C17H17N3O4/c1-17(2,3)24-16(22)14-18-12-8-9-5-6-10(15(21)23-4)7-11(9)13(12)19-20-14/h5-7H,8H2,1-4H3. The highest BCUT2D eigenvalue weighted by Gasteiger charge is 2.27. The fourth-order valence-corrected chi connectivity index (χ4v) is 2.48. The molecule has 1 aromatic carbocycles. The van der Waals surface area contributed by atoms with Gasteiger partial charge in [-0.15, -0.1) is 10.2 Å². The van der Waals surface area contributed by atoms with E-state index in [-0.39, 0.29) is 5.82 Å². The first-order valence-electron chi connectivity index (χ1n) is 7.47. The SMILES string of the molecule is COC(=O)c1ccc2c(c1)-c1nnc(C(=O)OC(C)(C)C)nc1C2.